The molecule has 1 aliphatic heterocycles. The second-order valence-corrected chi connectivity index (χ2v) is 5.99. The van der Waals surface area contributed by atoms with E-state index >= 15 is 0 Å². The molecule has 168 valence electrons. The van der Waals surface area contributed by atoms with Gasteiger partial charge in [-0.3, -0.25) is 19.2 Å². The fourth-order valence-corrected chi connectivity index (χ4v) is 2.58. The lowest BCUT2D eigenvalue weighted by Gasteiger charge is -2.44. The Kier molecular flexibility index (Phi) is 9.06. The van der Waals surface area contributed by atoms with Crippen LogP contribution in [0, 0.1) is 12.3 Å². The third kappa shape index (κ3) is 7.53. The Morgan fingerprint density at radius 1 is 0.967 bits per heavy atom. The number of esters is 3. The molecule has 1 aliphatic rings. The summed E-state index contributed by atoms with van der Waals surface area (Å²) in [4.78, 5) is 45.7. The smallest absolute Gasteiger partial charge is 0.456 e. The fourth-order valence-electron chi connectivity index (χ4n) is 2.58. The molecule has 1 heterocycles. The molecule has 1 amide bonds. The first-order chi connectivity index (χ1) is 13.9. The van der Waals surface area contributed by atoms with Crippen LogP contribution in [0.25, 0.3) is 0 Å². The minimum absolute atomic E-state index is 0.366. The molecule has 0 aromatic rings. The van der Waals surface area contributed by atoms with Gasteiger partial charge < -0.3 is 29.0 Å². The number of hydrogen-bond acceptors (Lipinski definition) is 9. The highest BCUT2D eigenvalue weighted by atomic mass is 19.4. The Morgan fingerprint density at radius 2 is 1.47 bits per heavy atom. The topological polar surface area (TPSA) is 126 Å². The lowest BCUT2D eigenvalue weighted by Crippen LogP contribution is -2.64. The van der Waals surface area contributed by atoms with Gasteiger partial charge in [0.25, 0.3) is 0 Å². The van der Waals surface area contributed by atoms with Crippen molar-refractivity contribution < 1.29 is 56.0 Å². The van der Waals surface area contributed by atoms with E-state index in [-0.39, 0.29) is 6.61 Å². The second-order valence-electron chi connectivity index (χ2n) is 5.99. The highest BCUT2D eigenvalue weighted by Crippen LogP contribution is 2.29. The van der Waals surface area contributed by atoms with Crippen LogP contribution >= 0.6 is 0 Å². The van der Waals surface area contributed by atoms with Gasteiger partial charge in [-0.2, -0.15) is 13.2 Å². The molecule has 1 fully saturated rings. The zero-order valence-electron chi connectivity index (χ0n) is 16.2. The van der Waals surface area contributed by atoms with E-state index in [2.05, 4.69) is 5.92 Å². The number of halogens is 3. The summed E-state index contributed by atoms with van der Waals surface area (Å²) in [5, 5.41) is 1.58. The molecule has 10 nitrogen and oxygen atoms in total. The van der Waals surface area contributed by atoms with E-state index in [1.54, 1.807) is 5.32 Å². The Hall–Kier alpha value is -2.85. The summed E-state index contributed by atoms with van der Waals surface area (Å²) in [6, 6.07) is 0. The first kappa shape index (κ1) is 25.2. The Bertz CT molecular complexity index is 704. The number of amides is 1. The summed E-state index contributed by atoms with van der Waals surface area (Å²) in [6.45, 7) is 1.84. The van der Waals surface area contributed by atoms with Gasteiger partial charge >= 0.3 is 30.0 Å². The minimum Gasteiger partial charge on any atom is -0.456 e. The van der Waals surface area contributed by atoms with E-state index in [1.165, 1.54) is 0 Å². The summed E-state index contributed by atoms with van der Waals surface area (Å²) < 4.78 is 63.3. The number of carbonyl (C=O) groups is 4. The molecule has 30 heavy (non-hydrogen) atoms. The number of terminal acetylenes is 1. The van der Waals surface area contributed by atoms with Crippen molar-refractivity contribution >= 4 is 23.8 Å². The van der Waals surface area contributed by atoms with Crippen molar-refractivity contribution in [3.63, 3.8) is 0 Å². The first-order valence-electron chi connectivity index (χ1n) is 8.44. The molecular weight excluding hydrogens is 419 g/mol. The maximum absolute atomic E-state index is 12.5. The van der Waals surface area contributed by atoms with Gasteiger partial charge in [0.1, 0.15) is 12.7 Å². The third-order valence-electron chi connectivity index (χ3n) is 3.55. The fraction of sp³-hybridized carbons (Fsp3) is 0.647. The molecule has 0 radical (unpaired) electrons. The number of carbonyl (C=O) groups excluding carboxylic acids is 4. The van der Waals surface area contributed by atoms with Gasteiger partial charge in [-0.25, -0.2) is 0 Å². The van der Waals surface area contributed by atoms with Crippen molar-refractivity contribution in [2.75, 3.05) is 13.2 Å². The standard InChI is InChI=1S/C17H20F3NO9/c1-5-6-26-15-14(29-10(4)24)13(28-9(3)23)12(27-8(2)22)11(30-15)7-21-16(25)17(18,19)20/h1,11-15H,6-7H2,2-4H3,(H,21,25)/t11-,12+,13+,14-,15+/m1/s1. The molecule has 0 aliphatic carbocycles. The second kappa shape index (κ2) is 10.8. The molecule has 0 aromatic carbocycles. The Balaban J connectivity index is 3.26. The maximum atomic E-state index is 12.5. The average Bonchev–Trinajstić information content (AvgIpc) is 2.60. The first-order valence-corrected chi connectivity index (χ1v) is 8.44. The number of ether oxygens (including phenoxy) is 5. The van der Waals surface area contributed by atoms with E-state index in [4.69, 9.17) is 30.1 Å². The van der Waals surface area contributed by atoms with Crippen molar-refractivity contribution in [2.45, 2.75) is 57.7 Å². The zero-order valence-corrected chi connectivity index (χ0v) is 16.2. The van der Waals surface area contributed by atoms with E-state index in [9.17, 15) is 32.3 Å². The van der Waals surface area contributed by atoms with E-state index < -0.39 is 67.2 Å². The summed E-state index contributed by atoms with van der Waals surface area (Å²) in [5.74, 6) is -2.80. The van der Waals surface area contributed by atoms with Gasteiger partial charge in [-0.05, 0) is 0 Å². The predicted molar refractivity (Wildman–Crippen MR) is 89.2 cm³/mol. The van der Waals surface area contributed by atoms with Crippen molar-refractivity contribution in [1.29, 1.82) is 0 Å². The molecule has 0 saturated carbocycles. The number of hydrogen-bond donors (Lipinski definition) is 1. The van der Waals surface area contributed by atoms with Crippen LogP contribution in [0.5, 0.6) is 0 Å². The molecule has 0 spiro atoms. The van der Waals surface area contributed by atoms with Gasteiger partial charge in [-0.1, -0.05) is 5.92 Å². The van der Waals surface area contributed by atoms with Gasteiger partial charge in [-0.15, -0.1) is 6.42 Å². The minimum atomic E-state index is -5.18. The van der Waals surface area contributed by atoms with Crippen LogP contribution in [-0.2, 0) is 42.9 Å². The van der Waals surface area contributed by atoms with Crippen molar-refractivity contribution in [1.82, 2.24) is 5.32 Å². The molecule has 1 N–H and O–H groups in total. The highest BCUT2D eigenvalue weighted by molar-refractivity contribution is 5.81. The van der Waals surface area contributed by atoms with Crippen LogP contribution in [0.1, 0.15) is 20.8 Å². The van der Waals surface area contributed by atoms with Crippen LogP contribution < -0.4 is 5.32 Å². The lowest BCUT2D eigenvalue weighted by atomic mass is 9.97. The van der Waals surface area contributed by atoms with E-state index in [0.717, 1.165) is 20.8 Å². The van der Waals surface area contributed by atoms with Crippen molar-refractivity contribution in [3.05, 3.63) is 0 Å². The van der Waals surface area contributed by atoms with E-state index in [0.29, 0.717) is 0 Å². The monoisotopic (exact) mass is 439 g/mol. The lowest BCUT2D eigenvalue weighted by molar-refractivity contribution is -0.300. The van der Waals surface area contributed by atoms with Crippen LogP contribution in [0.4, 0.5) is 13.2 Å². The molecule has 0 unspecified atom stereocenters. The molecular formula is C17H20F3NO9. The third-order valence-corrected chi connectivity index (χ3v) is 3.55. The molecule has 0 aromatic heterocycles. The highest BCUT2D eigenvalue weighted by Gasteiger charge is 2.52. The van der Waals surface area contributed by atoms with Gasteiger partial charge in [0.2, 0.25) is 0 Å². The Morgan fingerprint density at radius 3 is 1.93 bits per heavy atom. The molecule has 5 atom stereocenters. The van der Waals surface area contributed by atoms with Crippen LogP contribution in [0.15, 0.2) is 0 Å². The summed E-state index contributed by atoms with van der Waals surface area (Å²) in [6.07, 6.45) is -7.60. The maximum Gasteiger partial charge on any atom is 0.471 e. The Labute approximate surface area is 169 Å². The normalized spacial score (nSPS) is 26.1. The number of alkyl halides is 3. The summed E-state index contributed by atoms with van der Waals surface area (Å²) in [7, 11) is 0. The van der Waals surface area contributed by atoms with Crippen LogP contribution in [0.2, 0.25) is 0 Å². The summed E-state index contributed by atoms with van der Waals surface area (Å²) >= 11 is 0. The van der Waals surface area contributed by atoms with Gasteiger partial charge in [0, 0.05) is 27.3 Å². The number of nitrogens with one attached hydrogen (secondary N) is 1. The molecule has 1 rings (SSSR count). The zero-order chi connectivity index (χ0) is 23.1. The average molecular weight is 439 g/mol. The predicted octanol–water partition coefficient (Wildman–Crippen LogP) is -0.165. The quantitative estimate of drug-likeness (QED) is 0.327. The molecule has 1 saturated heterocycles. The van der Waals surface area contributed by atoms with Gasteiger partial charge in [0.05, 0.1) is 0 Å². The SMILES string of the molecule is C#CCO[C@H]1O[C@H](CNC(=O)C(F)(F)F)[C@H](OC(C)=O)[C@H](OC(C)=O)[C@H]1OC(C)=O. The van der Waals surface area contributed by atoms with Gasteiger partial charge in [0.15, 0.2) is 24.6 Å². The molecule has 0 bridgehead atoms. The summed E-state index contributed by atoms with van der Waals surface area (Å²) in [5.41, 5.74) is 0. The van der Waals surface area contributed by atoms with E-state index in [1.807, 2.05) is 0 Å². The van der Waals surface area contributed by atoms with Crippen LogP contribution in [-0.4, -0.2) is 73.8 Å². The largest absolute Gasteiger partial charge is 0.471 e. The van der Waals surface area contributed by atoms with Crippen molar-refractivity contribution in [3.8, 4) is 12.3 Å². The number of rotatable bonds is 7. The van der Waals surface area contributed by atoms with Crippen LogP contribution in [0.3, 0.4) is 0 Å². The van der Waals surface area contributed by atoms with Crippen molar-refractivity contribution in [2.24, 2.45) is 0 Å². The molecule has 13 heteroatoms.